The third-order valence-corrected chi connectivity index (χ3v) is 3.16. The maximum Gasteiger partial charge on any atom is 0.178 e. The van der Waals surface area contributed by atoms with Gasteiger partial charge in [-0.05, 0) is 19.3 Å². The molecule has 100 valence electrons. The normalized spacial score (nSPS) is 20.0. The van der Waals surface area contributed by atoms with Crippen molar-refractivity contribution in [3.63, 3.8) is 0 Å². The first-order chi connectivity index (χ1) is 8.67. The lowest BCUT2D eigenvalue weighted by Crippen LogP contribution is -2.43. The zero-order chi connectivity index (χ0) is 13.1. The summed E-state index contributed by atoms with van der Waals surface area (Å²) in [6.45, 7) is 0.509. The average Bonchev–Trinajstić information content (AvgIpc) is 2.39. The highest BCUT2D eigenvalue weighted by atomic mass is 19.1. The van der Waals surface area contributed by atoms with Gasteiger partial charge in [0, 0.05) is 12.6 Å². The molecule has 1 unspecified atom stereocenters. The molecule has 0 bridgehead atoms. The molecule has 0 aromatic carbocycles. The molecule has 0 radical (unpaired) electrons. The molecular formula is C11H16F2N4O. The third kappa shape index (κ3) is 2.37. The van der Waals surface area contributed by atoms with Gasteiger partial charge in [-0.2, -0.15) is 0 Å². The van der Waals surface area contributed by atoms with E-state index in [0.29, 0.717) is 6.54 Å². The summed E-state index contributed by atoms with van der Waals surface area (Å²) in [4.78, 5) is 5.51. The van der Waals surface area contributed by atoms with E-state index in [-0.39, 0.29) is 24.3 Å². The highest BCUT2D eigenvalue weighted by Crippen LogP contribution is 2.27. The average molecular weight is 258 g/mol. The molecule has 1 aromatic rings. The maximum absolute atomic E-state index is 13.8. The molecule has 0 spiro atoms. The Labute approximate surface area is 104 Å². The van der Waals surface area contributed by atoms with E-state index in [9.17, 15) is 13.9 Å². The molecule has 1 aromatic heterocycles. The summed E-state index contributed by atoms with van der Waals surface area (Å²) in [7, 11) is 0. The Bertz CT molecular complexity index is 430. The molecule has 0 saturated carbocycles. The van der Waals surface area contributed by atoms with Crippen molar-refractivity contribution in [3.8, 4) is 0 Å². The van der Waals surface area contributed by atoms with Gasteiger partial charge < -0.3 is 15.4 Å². The number of halogens is 2. The van der Waals surface area contributed by atoms with Gasteiger partial charge in [0.25, 0.3) is 0 Å². The summed E-state index contributed by atoms with van der Waals surface area (Å²) in [6, 6.07) is 0.567. The number of hydrogen-bond acceptors (Lipinski definition) is 5. The Morgan fingerprint density at radius 2 is 2.22 bits per heavy atom. The van der Waals surface area contributed by atoms with Crippen molar-refractivity contribution in [2.75, 3.05) is 23.5 Å². The van der Waals surface area contributed by atoms with Gasteiger partial charge in [0.05, 0.1) is 12.6 Å². The van der Waals surface area contributed by atoms with Gasteiger partial charge in [-0.25, -0.2) is 19.6 Å². The molecule has 18 heavy (non-hydrogen) atoms. The lowest BCUT2D eigenvalue weighted by Gasteiger charge is -2.35. The van der Waals surface area contributed by atoms with Gasteiger partial charge in [-0.3, -0.25) is 0 Å². The predicted molar refractivity (Wildman–Crippen MR) is 64.0 cm³/mol. The van der Waals surface area contributed by atoms with Gasteiger partial charge in [0.2, 0.25) is 0 Å². The number of aliphatic hydroxyl groups is 1. The molecular weight excluding hydrogens is 242 g/mol. The van der Waals surface area contributed by atoms with E-state index in [4.69, 9.17) is 5.84 Å². The molecule has 7 heteroatoms. The smallest absolute Gasteiger partial charge is 0.178 e. The molecule has 1 fully saturated rings. The summed E-state index contributed by atoms with van der Waals surface area (Å²) in [6.07, 6.45) is 2.63. The number of hydrogen-bond donors (Lipinski definition) is 3. The largest absolute Gasteiger partial charge is 0.394 e. The molecule has 1 aliphatic heterocycles. The number of rotatable bonds is 3. The van der Waals surface area contributed by atoms with Crippen LogP contribution >= 0.6 is 0 Å². The number of hydrazine groups is 1. The molecule has 1 saturated heterocycles. The van der Waals surface area contributed by atoms with Crippen LogP contribution in [-0.4, -0.2) is 29.3 Å². The molecule has 5 nitrogen and oxygen atoms in total. The van der Waals surface area contributed by atoms with Crippen molar-refractivity contribution < 1.29 is 13.9 Å². The summed E-state index contributed by atoms with van der Waals surface area (Å²) in [5, 5.41) is 9.29. The minimum absolute atomic E-state index is 0.0306. The fourth-order valence-electron chi connectivity index (χ4n) is 2.23. The van der Waals surface area contributed by atoms with Gasteiger partial charge in [-0.1, -0.05) is 0 Å². The van der Waals surface area contributed by atoms with Gasteiger partial charge in [0.15, 0.2) is 23.3 Å². The van der Waals surface area contributed by atoms with Gasteiger partial charge in [-0.15, -0.1) is 0 Å². The fourth-order valence-corrected chi connectivity index (χ4v) is 2.23. The van der Waals surface area contributed by atoms with Crippen molar-refractivity contribution in [2.45, 2.75) is 25.3 Å². The monoisotopic (exact) mass is 258 g/mol. The number of aromatic nitrogens is 1. The first-order valence-electron chi connectivity index (χ1n) is 5.87. The SMILES string of the molecule is NNc1nc(N2CCCCC2CO)c(F)cc1F. The molecule has 0 amide bonds. The number of piperidine rings is 1. The third-order valence-electron chi connectivity index (χ3n) is 3.16. The highest BCUT2D eigenvalue weighted by Gasteiger charge is 2.26. The molecule has 2 heterocycles. The number of aliphatic hydroxyl groups excluding tert-OH is 1. The standard InChI is InChI=1S/C11H16F2N4O/c12-8-5-9(13)11(15-10(8)16-14)17-4-2-1-3-7(17)6-18/h5,7,18H,1-4,6,14H2,(H,15,16). The van der Waals surface area contributed by atoms with Gasteiger partial charge >= 0.3 is 0 Å². The molecule has 2 rings (SSSR count). The van der Waals surface area contributed by atoms with Crippen molar-refractivity contribution in [2.24, 2.45) is 5.84 Å². The molecule has 1 atom stereocenters. The van der Waals surface area contributed by atoms with E-state index in [1.807, 2.05) is 0 Å². The maximum atomic E-state index is 13.8. The van der Waals surface area contributed by atoms with Crippen LogP contribution in [0.15, 0.2) is 6.07 Å². The highest BCUT2D eigenvalue weighted by molar-refractivity contribution is 5.49. The second kappa shape index (κ2) is 5.45. The second-order valence-electron chi connectivity index (χ2n) is 4.29. The van der Waals surface area contributed by atoms with Crippen LogP contribution in [0.1, 0.15) is 19.3 Å². The van der Waals surface area contributed by atoms with Crippen molar-refractivity contribution in [1.29, 1.82) is 0 Å². The van der Waals surface area contributed by atoms with Crippen LogP contribution in [-0.2, 0) is 0 Å². The topological polar surface area (TPSA) is 74.4 Å². The van der Waals surface area contributed by atoms with Crippen molar-refractivity contribution in [1.82, 2.24) is 4.98 Å². The van der Waals surface area contributed by atoms with Crippen LogP contribution < -0.4 is 16.2 Å². The molecule has 4 N–H and O–H groups in total. The lowest BCUT2D eigenvalue weighted by atomic mass is 10.0. The van der Waals surface area contributed by atoms with Crippen LogP contribution in [0, 0.1) is 11.6 Å². The Kier molecular flexibility index (Phi) is 3.93. The quantitative estimate of drug-likeness (QED) is 0.557. The first-order valence-corrected chi connectivity index (χ1v) is 5.87. The number of anilines is 2. The lowest BCUT2D eigenvalue weighted by molar-refractivity contribution is 0.238. The zero-order valence-electron chi connectivity index (χ0n) is 9.87. The van der Waals surface area contributed by atoms with Crippen LogP contribution in [0.2, 0.25) is 0 Å². The fraction of sp³-hybridized carbons (Fsp3) is 0.545. The molecule has 0 aliphatic carbocycles. The van der Waals surface area contributed by atoms with E-state index < -0.39 is 11.6 Å². The minimum atomic E-state index is -0.837. The van der Waals surface area contributed by atoms with E-state index in [0.717, 1.165) is 25.3 Å². The van der Waals surface area contributed by atoms with E-state index >= 15 is 0 Å². The Balaban J connectivity index is 2.36. The summed E-state index contributed by atoms with van der Waals surface area (Å²) >= 11 is 0. The number of nitrogens with one attached hydrogen (secondary N) is 1. The van der Waals surface area contributed by atoms with Crippen LogP contribution in [0.4, 0.5) is 20.4 Å². The summed E-state index contributed by atoms with van der Waals surface area (Å²) < 4.78 is 27.0. The van der Waals surface area contributed by atoms with Crippen LogP contribution in [0.25, 0.3) is 0 Å². The van der Waals surface area contributed by atoms with Crippen molar-refractivity contribution in [3.05, 3.63) is 17.7 Å². The number of pyridine rings is 1. The predicted octanol–water partition coefficient (Wildman–Crippen LogP) is 0.997. The minimum Gasteiger partial charge on any atom is -0.394 e. The van der Waals surface area contributed by atoms with Gasteiger partial charge in [0.1, 0.15) is 0 Å². The summed E-state index contributed by atoms with van der Waals surface area (Å²) in [5.74, 6) is 3.37. The second-order valence-corrected chi connectivity index (χ2v) is 4.29. The Morgan fingerprint density at radius 3 is 2.89 bits per heavy atom. The van der Waals surface area contributed by atoms with Crippen molar-refractivity contribution >= 4 is 11.6 Å². The first kappa shape index (κ1) is 13.0. The molecule has 1 aliphatic rings. The summed E-state index contributed by atoms with van der Waals surface area (Å²) in [5.41, 5.74) is 2.09. The van der Waals surface area contributed by atoms with Crippen LogP contribution in [0.3, 0.4) is 0 Å². The van der Waals surface area contributed by atoms with E-state index in [2.05, 4.69) is 10.4 Å². The number of nitrogen functional groups attached to an aromatic ring is 1. The van der Waals surface area contributed by atoms with Crippen LogP contribution in [0.5, 0.6) is 0 Å². The number of nitrogens with two attached hydrogens (primary N) is 1. The number of nitrogens with zero attached hydrogens (tertiary/aromatic N) is 2. The Morgan fingerprint density at radius 1 is 1.44 bits per heavy atom. The van der Waals surface area contributed by atoms with E-state index in [1.165, 1.54) is 0 Å². The Hall–Kier alpha value is -1.47. The zero-order valence-corrected chi connectivity index (χ0v) is 9.87. The van der Waals surface area contributed by atoms with E-state index in [1.54, 1.807) is 4.90 Å².